The lowest BCUT2D eigenvalue weighted by molar-refractivity contribution is 0.871. The average Bonchev–Trinajstić information content (AvgIpc) is 2.66. The second kappa shape index (κ2) is 3.81. The van der Waals surface area contributed by atoms with Crippen LogP contribution in [0.5, 0.6) is 0 Å². The topological polar surface area (TPSA) is 63.6 Å². The first-order valence-corrected chi connectivity index (χ1v) is 5.02. The van der Waals surface area contributed by atoms with E-state index in [1.54, 1.807) is 6.20 Å². The number of nitrogens with two attached hydrogens (primary N) is 1. The van der Waals surface area contributed by atoms with E-state index in [2.05, 4.69) is 29.0 Å². The molecule has 1 aromatic rings. The third-order valence-electron chi connectivity index (χ3n) is 2.43. The number of pyridine rings is 1. The minimum absolute atomic E-state index is 0.449. The van der Waals surface area contributed by atoms with Gasteiger partial charge in [0.05, 0.1) is 5.71 Å². The van der Waals surface area contributed by atoms with Crippen molar-refractivity contribution in [2.24, 2.45) is 16.1 Å². The molecule has 1 aromatic heterocycles. The van der Waals surface area contributed by atoms with E-state index in [-0.39, 0.29) is 0 Å². The van der Waals surface area contributed by atoms with Crippen LogP contribution in [0.1, 0.15) is 25.8 Å². The minimum Gasteiger partial charge on any atom is -0.384 e. The van der Waals surface area contributed by atoms with Crippen LogP contribution in [0.3, 0.4) is 0 Å². The van der Waals surface area contributed by atoms with Crippen molar-refractivity contribution in [1.82, 2.24) is 4.98 Å². The van der Waals surface area contributed by atoms with Crippen molar-refractivity contribution in [2.45, 2.75) is 20.3 Å². The summed E-state index contributed by atoms with van der Waals surface area (Å²) in [4.78, 5) is 3.95. The van der Waals surface area contributed by atoms with Gasteiger partial charge >= 0.3 is 0 Å². The van der Waals surface area contributed by atoms with E-state index >= 15 is 0 Å². The van der Waals surface area contributed by atoms with Gasteiger partial charge in [-0.3, -0.25) is 0 Å². The molecule has 0 aliphatic carbocycles. The maximum absolute atomic E-state index is 5.62. The maximum Gasteiger partial charge on any atom is 0.123 e. The molecule has 4 nitrogen and oxygen atoms in total. The normalized spacial score (nSPS) is 15.4. The first-order chi connectivity index (χ1) is 7.16. The number of hydrogen-bond acceptors (Lipinski definition) is 4. The van der Waals surface area contributed by atoms with E-state index in [1.165, 1.54) is 0 Å². The Labute approximate surface area is 88.9 Å². The molecule has 0 saturated heterocycles. The Kier molecular flexibility index (Phi) is 2.49. The van der Waals surface area contributed by atoms with Crippen LogP contribution in [-0.4, -0.2) is 16.4 Å². The van der Waals surface area contributed by atoms with Gasteiger partial charge in [0, 0.05) is 23.9 Å². The lowest BCUT2D eigenvalue weighted by atomic mass is 10.00. The zero-order valence-corrected chi connectivity index (χ0v) is 8.94. The fourth-order valence-electron chi connectivity index (χ4n) is 1.47. The first kappa shape index (κ1) is 9.83. The standard InChI is InChI=1S/C11H14N4/c1-7(2)9-6-10(15-14-9)8-3-4-13-11(12)5-8/h3-5,7H,6H2,1-2H3,(H2,12,13). The van der Waals surface area contributed by atoms with E-state index in [0.29, 0.717) is 11.7 Å². The SMILES string of the molecule is CC(C)C1=NN=C(c2ccnc(N)c2)C1. The summed E-state index contributed by atoms with van der Waals surface area (Å²) in [5, 5.41) is 8.34. The lowest BCUT2D eigenvalue weighted by Gasteiger charge is -2.04. The minimum atomic E-state index is 0.449. The molecule has 0 atom stereocenters. The van der Waals surface area contributed by atoms with Crippen molar-refractivity contribution in [3.8, 4) is 0 Å². The number of hydrogen-bond donors (Lipinski definition) is 1. The highest BCUT2D eigenvalue weighted by atomic mass is 15.2. The predicted molar refractivity (Wildman–Crippen MR) is 62.1 cm³/mol. The fourth-order valence-corrected chi connectivity index (χ4v) is 1.47. The highest BCUT2D eigenvalue weighted by molar-refractivity contribution is 6.15. The van der Waals surface area contributed by atoms with Crippen molar-refractivity contribution >= 4 is 17.2 Å². The Morgan fingerprint density at radius 3 is 2.73 bits per heavy atom. The molecule has 1 aliphatic heterocycles. The third kappa shape index (κ3) is 2.03. The molecule has 0 amide bonds. The number of nitrogens with zero attached hydrogens (tertiary/aromatic N) is 3. The van der Waals surface area contributed by atoms with Crippen LogP contribution in [-0.2, 0) is 0 Å². The van der Waals surface area contributed by atoms with Gasteiger partial charge in [0.1, 0.15) is 5.82 Å². The van der Waals surface area contributed by atoms with Crippen molar-refractivity contribution in [2.75, 3.05) is 5.73 Å². The molecule has 0 radical (unpaired) electrons. The number of anilines is 1. The third-order valence-corrected chi connectivity index (χ3v) is 2.43. The van der Waals surface area contributed by atoms with Crippen LogP contribution < -0.4 is 5.73 Å². The largest absolute Gasteiger partial charge is 0.384 e. The van der Waals surface area contributed by atoms with Crippen LogP contribution >= 0.6 is 0 Å². The zero-order chi connectivity index (χ0) is 10.8. The number of aromatic nitrogens is 1. The highest BCUT2D eigenvalue weighted by Crippen LogP contribution is 2.16. The van der Waals surface area contributed by atoms with Gasteiger partial charge in [-0.15, -0.1) is 0 Å². The molecule has 1 aliphatic rings. The monoisotopic (exact) mass is 202 g/mol. The predicted octanol–water partition coefficient (Wildman–Crippen LogP) is 1.87. The molecule has 0 fully saturated rings. The summed E-state index contributed by atoms with van der Waals surface area (Å²) >= 11 is 0. The number of rotatable bonds is 2. The summed E-state index contributed by atoms with van der Waals surface area (Å²) in [6.45, 7) is 4.25. The van der Waals surface area contributed by atoms with Gasteiger partial charge in [-0.1, -0.05) is 13.8 Å². The summed E-state index contributed by atoms with van der Waals surface area (Å²) in [6, 6.07) is 3.74. The molecule has 0 spiro atoms. The van der Waals surface area contributed by atoms with Crippen molar-refractivity contribution in [3.63, 3.8) is 0 Å². The van der Waals surface area contributed by atoms with Crippen molar-refractivity contribution in [3.05, 3.63) is 23.9 Å². The zero-order valence-electron chi connectivity index (χ0n) is 8.94. The highest BCUT2D eigenvalue weighted by Gasteiger charge is 2.16. The van der Waals surface area contributed by atoms with Crippen LogP contribution in [0.15, 0.2) is 28.5 Å². The summed E-state index contributed by atoms with van der Waals surface area (Å²) in [6.07, 6.45) is 2.52. The second-order valence-electron chi connectivity index (χ2n) is 3.94. The van der Waals surface area contributed by atoms with Gasteiger partial charge in [-0.05, 0) is 18.1 Å². The van der Waals surface area contributed by atoms with E-state index in [1.807, 2.05) is 12.1 Å². The van der Waals surface area contributed by atoms with Crippen LogP contribution in [0.2, 0.25) is 0 Å². The van der Waals surface area contributed by atoms with E-state index in [9.17, 15) is 0 Å². The Balaban J connectivity index is 2.17. The molecule has 0 unspecified atom stereocenters. The molecule has 15 heavy (non-hydrogen) atoms. The summed E-state index contributed by atoms with van der Waals surface area (Å²) in [7, 11) is 0. The average molecular weight is 202 g/mol. The van der Waals surface area contributed by atoms with Gasteiger partial charge in [0.25, 0.3) is 0 Å². The Bertz CT molecular complexity index is 432. The van der Waals surface area contributed by atoms with Crippen LogP contribution in [0, 0.1) is 5.92 Å². The maximum atomic E-state index is 5.62. The number of nitrogen functional groups attached to an aromatic ring is 1. The van der Waals surface area contributed by atoms with Crippen LogP contribution in [0.4, 0.5) is 5.82 Å². The van der Waals surface area contributed by atoms with Gasteiger partial charge in [0.15, 0.2) is 0 Å². The van der Waals surface area contributed by atoms with Crippen LogP contribution in [0.25, 0.3) is 0 Å². The fraction of sp³-hybridized carbons (Fsp3) is 0.364. The van der Waals surface area contributed by atoms with Crippen molar-refractivity contribution in [1.29, 1.82) is 0 Å². The Morgan fingerprint density at radius 2 is 2.13 bits per heavy atom. The quantitative estimate of drug-likeness (QED) is 0.795. The first-order valence-electron chi connectivity index (χ1n) is 5.02. The molecule has 4 heteroatoms. The lowest BCUT2D eigenvalue weighted by Crippen LogP contribution is -2.09. The molecule has 0 saturated carbocycles. The Hall–Kier alpha value is -1.71. The van der Waals surface area contributed by atoms with Gasteiger partial charge < -0.3 is 5.73 Å². The molecular weight excluding hydrogens is 188 g/mol. The van der Waals surface area contributed by atoms with E-state index < -0.39 is 0 Å². The van der Waals surface area contributed by atoms with Gasteiger partial charge in [-0.2, -0.15) is 10.2 Å². The van der Waals surface area contributed by atoms with Crippen molar-refractivity contribution < 1.29 is 0 Å². The smallest absolute Gasteiger partial charge is 0.123 e. The molecule has 2 N–H and O–H groups in total. The Morgan fingerprint density at radius 1 is 1.33 bits per heavy atom. The summed E-state index contributed by atoms with van der Waals surface area (Å²) in [5.41, 5.74) is 8.74. The molecule has 78 valence electrons. The molecule has 0 bridgehead atoms. The second-order valence-corrected chi connectivity index (χ2v) is 3.94. The van der Waals surface area contributed by atoms with Gasteiger partial charge in [0.2, 0.25) is 0 Å². The van der Waals surface area contributed by atoms with E-state index in [4.69, 9.17) is 5.73 Å². The molecule has 0 aromatic carbocycles. The molecular formula is C11H14N4. The van der Waals surface area contributed by atoms with E-state index in [0.717, 1.165) is 23.4 Å². The summed E-state index contributed by atoms with van der Waals surface area (Å²) < 4.78 is 0. The molecule has 2 rings (SSSR count). The summed E-state index contributed by atoms with van der Waals surface area (Å²) in [5.74, 6) is 0.971. The molecule has 2 heterocycles. The van der Waals surface area contributed by atoms with Gasteiger partial charge in [-0.25, -0.2) is 4.98 Å².